The van der Waals surface area contributed by atoms with E-state index in [0.29, 0.717) is 6.04 Å². The zero-order valence-electron chi connectivity index (χ0n) is 5.23. The fourth-order valence-electron chi connectivity index (χ4n) is 0.526. The van der Waals surface area contributed by atoms with E-state index in [1.54, 1.807) is 0 Å². The molecule has 0 aromatic heterocycles. The lowest BCUT2D eigenvalue weighted by atomic mass is 9.44. The molecule has 0 bridgehead atoms. The van der Waals surface area contributed by atoms with Crippen molar-refractivity contribution >= 4 is 14.5 Å². The molecule has 0 rings (SSSR count). The second-order valence-corrected chi connectivity index (χ2v) is 2.11. The van der Waals surface area contributed by atoms with E-state index in [0.717, 1.165) is 0 Å². The molecule has 0 heterocycles. The maximum atomic E-state index is 5.38. The summed E-state index contributed by atoms with van der Waals surface area (Å²) in [6.07, 6.45) is 0. The molecule has 0 spiro atoms. The molecule has 0 saturated heterocycles. The third-order valence-corrected chi connectivity index (χ3v) is 0.596. The Labute approximate surface area is 47.4 Å². The van der Waals surface area contributed by atoms with Crippen molar-refractivity contribution in [1.29, 1.82) is 0 Å². The van der Waals surface area contributed by atoms with E-state index in [9.17, 15) is 0 Å². The molecule has 0 fully saturated rings. The Morgan fingerprint density at radius 3 is 2.00 bits per heavy atom. The fraction of sp³-hybridized carbons (Fsp3) is 1.00. The predicted octanol–water partition coefficient (Wildman–Crippen LogP) is 0.271. The van der Waals surface area contributed by atoms with Crippen LogP contribution in [0.2, 0.25) is 6.82 Å². The molecule has 3 heteroatoms. The van der Waals surface area contributed by atoms with Crippen LogP contribution in [0, 0.1) is 0 Å². The number of rotatable bonds is 2. The first kappa shape index (κ1) is 7.09. The summed E-state index contributed by atoms with van der Waals surface area (Å²) < 4.78 is 0. The van der Waals surface area contributed by atoms with Crippen molar-refractivity contribution in [2.45, 2.75) is 26.7 Å². The lowest BCUT2D eigenvalue weighted by Crippen LogP contribution is -2.36. The summed E-state index contributed by atoms with van der Waals surface area (Å²) >= 11 is 0. The Hall–Kier alpha value is 0.0899. The topological polar surface area (TPSA) is 12.0 Å². The minimum atomic E-state index is 0.125. The SMILES string of the molecule is [B]B(C)NC(C)C. The Balaban J connectivity index is 2.95. The van der Waals surface area contributed by atoms with Gasteiger partial charge in [0, 0.05) is 7.74 Å². The van der Waals surface area contributed by atoms with Crippen LogP contribution in [-0.4, -0.2) is 20.5 Å². The molecule has 1 N–H and O–H groups in total. The lowest BCUT2D eigenvalue weighted by molar-refractivity contribution is 0.751. The van der Waals surface area contributed by atoms with E-state index >= 15 is 0 Å². The second kappa shape index (κ2) is 3.14. The minimum absolute atomic E-state index is 0.125. The molecule has 0 unspecified atom stereocenters. The van der Waals surface area contributed by atoms with Gasteiger partial charge in [0.25, 0.3) is 0 Å². The van der Waals surface area contributed by atoms with Gasteiger partial charge < -0.3 is 5.23 Å². The first-order valence-corrected chi connectivity index (χ1v) is 2.64. The van der Waals surface area contributed by atoms with Crippen molar-refractivity contribution in [3.8, 4) is 0 Å². The molecule has 0 aromatic rings. The average Bonchev–Trinajstić information content (AvgIpc) is 1.27. The number of hydrogen-bond acceptors (Lipinski definition) is 1. The molecule has 0 aliphatic heterocycles. The Morgan fingerprint density at radius 2 is 2.00 bits per heavy atom. The van der Waals surface area contributed by atoms with E-state index in [-0.39, 0.29) is 6.74 Å². The summed E-state index contributed by atoms with van der Waals surface area (Å²) in [5.74, 6) is 0. The van der Waals surface area contributed by atoms with Gasteiger partial charge in [-0.2, -0.15) is 0 Å². The highest BCUT2D eigenvalue weighted by Crippen LogP contribution is 1.74. The molecule has 0 aromatic carbocycles. The van der Waals surface area contributed by atoms with Gasteiger partial charge in [0.1, 0.15) is 0 Å². The van der Waals surface area contributed by atoms with Gasteiger partial charge in [0.15, 0.2) is 6.74 Å². The van der Waals surface area contributed by atoms with Crippen LogP contribution in [-0.2, 0) is 0 Å². The van der Waals surface area contributed by atoms with Crippen LogP contribution in [0.5, 0.6) is 0 Å². The van der Waals surface area contributed by atoms with Gasteiger partial charge >= 0.3 is 0 Å². The van der Waals surface area contributed by atoms with Crippen molar-refractivity contribution in [3.63, 3.8) is 0 Å². The summed E-state index contributed by atoms with van der Waals surface area (Å²) in [7, 11) is 5.38. The fourth-order valence-corrected chi connectivity index (χ4v) is 0.526. The van der Waals surface area contributed by atoms with Crippen molar-refractivity contribution in [3.05, 3.63) is 0 Å². The molecule has 0 aliphatic carbocycles. The Morgan fingerprint density at radius 1 is 1.57 bits per heavy atom. The molecule has 0 aliphatic rings. The van der Waals surface area contributed by atoms with E-state index < -0.39 is 0 Å². The summed E-state index contributed by atoms with van der Waals surface area (Å²) in [6, 6.07) is 0.500. The third-order valence-electron chi connectivity index (χ3n) is 0.596. The standard InChI is InChI=1S/C4H11B2N/c1-4(2)7-6(3)5/h4,7H,1-3H3. The molecule has 0 saturated carbocycles. The minimum Gasteiger partial charge on any atom is -0.362 e. The lowest BCUT2D eigenvalue weighted by Gasteiger charge is -2.08. The quantitative estimate of drug-likeness (QED) is 0.485. The summed E-state index contributed by atoms with van der Waals surface area (Å²) in [6.45, 7) is 6.20. The smallest absolute Gasteiger partial charge is 0.163 e. The molecule has 38 valence electrons. The molecule has 1 nitrogen and oxygen atoms in total. The second-order valence-electron chi connectivity index (χ2n) is 2.11. The van der Waals surface area contributed by atoms with Crippen LogP contribution < -0.4 is 5.23 Å². The molecular weight excluding hydrogens is 83.7 g/mol. The summed E-state index contributed by atoms with van der Waals surface area (Å²) in [4.78, 5) is 0. The van der Waals surface area contributed by atoms with Gasteiger partial charge in [0.2, 0.25) is 0 Å². The average molecular weight is 94.8 g/mol. The van der Waals surface area contributed by atoms with Crippen molar-refractivity contribution in [2.75, 3.05) is 0 Å². The van der Waals surface area contributed by atoms with Crippen LogP contribution in [0.15, 0.2) is 0 Å². The van der Waals surface area contributed by atoms with Crippen LogP contribution >= 0.6 is 0 Å². The van der Waals surface area contributed by atoms with E-state index in [1.807, 2.05) is 6.82 Å². The van der Waals surface area contributed by atoms with Crippen molar-refractivity contribution in [1.82, 2.24) is 5.23 Å². The highest BCUT2D eigenvalue weighted by atomic mass is 14.8. The first-order valence-electron chi connectivity index (χ1n) is 2.64. The zero-order chi connectivity index (χ0) is 5.86. The predicted molar refractivity (Wildman–Crippen MR) is 35.6 cm³/mol. The van der Waals surface area contributed by atoms with Crippen molar-refractivity contribution < 1.29 is 0 Å². The van der Waals surface area contributed by atoms with Gasteiger partial charge in [0.05, 0.1) is 0 Å². The summed E-state index contributed by atoms with van der Waals surface area (Å²) in [5, 5.41) is 3.08. The maximum absolute atomic E-state index is 5.38. The van der Waals surface area contributed by atoms with Gasteiger partial charge in [-0.3, -0.25) is 0 Å². The molecule has 7 heavy (non-hydrogen) atoms. The Bertz CT molecular complexity index is 39.0. The number of nitrogens with one attached hydrogen (secondary N) is 1. The van der Waals surface area contributed by atoms with E-state index in [1.165, 1.54) is 0 Å². The van der Waals surface area contributed by atoms with Gasteiger partial charge in [-0.1, -0.05) is 20.7 Å². The molecule has 2 radical (unpaired) electrons. The normalized spacial score (nSPS) is 9.71. The first-order chi connectivity index (χ1) is 3.13. The van der Waals surface area contributed by atoms with Crippen LogP contribution in [0.4, 0.5) is 0 Å². The zero-order valence-corrected chi connectivity index (χ0v) is 5.23. The Kier molecular flexibility index (Phi) is 3.18. The van der Waals surface area contributed by atoms with Crippen LogP contribution in [0.25, 0.3) is 0 Å². The van der Waals surface area contributed by atoms with Gasteiger partial charge in [-0.05, 0) is 6.04 Å². The third kappa shape index (κ3) is 6.09. The monoisotopic (exact) mass is 95.1 g/mol. The highest BCUT2D eigenvalue weighted by molar-refractivity contribution is 7.01. The van der Waals surface area contributed by atoms with Gasteiger partial charge in [-0.25, -0.2) is 0 Å². The van der Waals surface area contributed by atoms with Crippen LogP contribution in [0.1, 0.15) is 13.8 Å². The largest absolute Gasteiger partial charge is 0.362 e. The highest BCUT2D eigenvalue weighted by Gasteiger charge is 1.96. The molecular formula is C4H11B2N. The van der Waals surface area contributed by atoms with Crippen LogP contribution in [0.3, 0.4) is 0 Å². The summed E-state index contributed by atoms with van der Waals surface area (Å²) in [5.41, 5.74) is 0. The van der Waals surface area contributed by atoms with Crippen molar-refractivity contribution in [2.24, 2.45) is 0 Å². The number of hydrogen-bond donors (Lipinski definition) is 1. The van der Waals surface area contributed by atoms with E-state index in [2.05, 4.69) is 19.1 Å². The van der Waals surface area contributed by atoms with E-state index in [4.69, 9.17) is 7.74 Å². The maximum Gasteiger partial charge on any atom is 0.163 e. The molecule has 0 atom stereocenters. The van der Waals surface area contributed by atoms with Gasteiger partial charge in [-0.15, -0.1) is 0 Å². The molecule has 0 amide bonds.